The number of rotatable bonds is 4. The lowest BCUT2D eigenvalue weighted by molar-refractivity contribution is 0.143. The van der Waals surface area contributed by atoms with Gasteiger partial charge in [-0.3, -0.25) is 0 Å². The number of hydrogen-bond acceptors (Lipinski definition) is 3. The number of halogens is 2. The van der Waals surface area contributed by atoms with Crippen LogP contribution in [0.5, 0.6) is 0 Å². The summed E-state index contributed by atoms with van der Waals surface area (Å²) in [6, 6.07) is 0. The van der Waals surface area contributed by atoms with Crippen molar-refractivity contribution >= 4 is 0 Å². The van der Waals surface area contributed by atoms with E-state index in [1.807, 2.05) is 32.8 Å². The number of nitrogens with zero attached hydrogens (tertiary/aromatic N) is 2. The molecule has 86 valence electrons. The summed E-state index contributed by atoms with van der Waals surface area (Å²) < 4.78 is 30.5. The van der Waals surface area contributed by atoms with Crippen molar-refractivity contribution in [3.63, 3.8) is 0 Å². The van der Waals surface area contributed by atoms with E-state index in [-0.39, 0.29) is 11.6 Å². The van der Waals surface area contributed by atoms with E-state index >= 15 is 0 Å². The molecule has 0 saturated heterocycles. The number of hydrogen-bond donors (Lipinski definition) is 0. The minimum atomic E-state index is -2.57. The molecule has 0 aliphatic carbocycles. The first-order valence-corrected chi connectivity index (χ1v) is 4.84. The molecule has 0 aliphatic heterocycles. The van der Waals surface area contributed by atoms with Gasteiger partial charge in [-0.15, -0.1) is 0 Å². The Balaban J connectivity index is 2.98. The van der Waals surface area contributed by atoms with E-state index in [4.69, 9.17) is 4.42 Å². The van der Waals surface area contributed by atoms with Crippen molar-refractivity contribution in [1.29, 1.82) is 0 Å². The van der Waals surface area contributed by atoms with Gasteiger partial charge in [0.2, 0.25) is 5.89 Å². The van der Waals surface area contributed by atoms with Crippen molar-refractivity contribution in [2.75, 3.05) is 14.1 Å². The van der Waals surface area contributed by atoms with Gasteiger partial charge in [-0.2, -0.15) is 0 Å². The van der Waals surface area contributed by atoms with E-state index in [0.29, 0.717) is 18.2 Å². The Morgan fingerprint density at radius 1 is 1.33 bits per heavy atom. The summed E-state index contributed by atoms with van der Waals surface area (Å²) in [5.41, 5.74) is -0.221. The molecule has 1 heterocycles. The molecule has 0 aromatic carbocycles. The van der Waals surface area contributed by atoms with Gasteiger partial charge in [-0.05, 0) is 14.1 Å². The van der Waals surface area contributed by atoms with Crippen LogP contribution < -0.4 is 0 Å². The molecule has 3 nitrogen and oxygen atoms in total. The van der Waals surface area contributed by atoms with Crippen LogP contribution in [0.15, 0.2) is 4.42 Å². The van der Waals surface area contributed by atoms with Crippen LogP contribution in [0.25, 0.3) is 0 Å². The van der Waals surface area contributed by atoms with Gasteiger partial charge < -0.3 is 9.32 Å². The smallest absolute Gasteiger partial charge is 0.283 e. The third-order valence-electron chi connectivity index (χ3n) is 1.91. The molecule has 1 rings (SSSR count). The zero-order chi connectivity index (χ0) is 11.6. The van der Waals surface area contributed by atoms with Crippen LogP contribution in [0.3, 0.4) is 0 Å². The highest BCUT2D eigenvalue weighted by Gasteiger charge is 2.23. The second-order valence-electron chi connectivity index (χ2n) is 4.05. The summed E-state index contributed by atoms with van der Waals surface area (Å²) in [5, 5.41) is 0. The van der Waals surface area contributed by atoms with E-state index in [2.05, 4.69) is 4.98 Å². The van der Waals surface area contributed by atoms with Gasteiger partial charge in [0.05, 0.1) is 6.54 Å². The molecule has 0 saturated carbocycles. The molecule has 0 amide bonds. The summed E-state index contributed by atoms with van der Waals surface area (Å²) in [7, 11) is 3.67. The van der Waals surface area contributed by atoms with Crippen molar-refractivity contribution < 1.29 is 13.2 Å². The van der Waals surface area contributed by atoms with Crippen LogP contribution in [0.2, 0.25) is 0 Å². The Hall–Kier alpha value is -0.970. The minimum Gasteiger partial charge on any atom is -0.444 e. The second kappa shape index (κ2) is 4.70. The average Bonchev–Trinajstić information content (AvgIpc) is 2.46. The maximum absolute atomic E-state index is 12.6. The number of oxazole rings is 1. The molecule has 5 heteroatoms. The lowest BCUT2D eigenvalue weighted by atomic mass is 10.1. The lowest BCUT2D eigenvalue weighted by Gasteiger charge is -2.04. The normalized spacial score (nSPS) is 12.1. The van der Waals surface area contributed by atoms with Gasteiger partial charge in [0.1, 0.15) is 11.5 Å². The molecule has 0 radical (unpaired) electrons. The van der Waals surface area contributed by atoms with Gasteiger partial charge in [0.25, 0.3) is 6.43 Å². The van der Waals surface area contributed by atoms with Crippen molar-refractivity contribution in [2.45, 2.75) is 32.7 Å². The largest absolute Gasteiger partial charge is 0.444 e. The maximum Gasteiger partial charge on any atom is 0.283 e. The van der Waals surface area contributed by atoms with Crippen LogP contribution in [0.4, 0.5) is 8.78 Å². The molecule has 1 aromatic heterocycles. The van der Waals surface area contributed by atoms with Crippen LogP contribution >= 0.6 is 0 Å². The van der Waals surface area contributed by atoms with Gasteiger partial charge >= 0.3 is 0 Å². The first-order valence-electron chi connectivity index (χ1n) is 4.84. The van der Waals surface area contributed by atoms with E-state index in [1.165, 1.54) is 0 Å². The van der Waals surface area contributed by atoms with Crippen molar-refractivity contribution in [3.05, 3.63) is 17.3 Å². The zero-order valence-corrected chi connectivity index (χ0v) is 9.42. The topological polar surface area (TPSA) is 29.3 Å². The van der Waals surface area contributed by atoms with E-state index in [9.17, 15) is 8.78 Å². The Kier molecular flexibility index (Phi) is 3.79. The molecule has 0 aliphatic rings. The Bertz CT molecular complexity index is 296. The predicted octanol–water partition coefficient (Wildman–Crippen LogP) is 2.80. The van der Waals surface area contributed by atoms with Gasteiger partial charge in [-0.25, -0.2) is 13.8 Å². The highest BCUT2D eigenvalue weighted by atomic mass is 19.3. The Labute approximate surface area is 88.1 Å². The maximum atomic E-state index is 12.6. The second-order valence-corrected chi connectivity index (χ2v) is 4.05. The third-order valence-corrected chi connectivity index (χ3v) is 1.91. The molecular weight excluding hydrogens is 202 g/mol. The highest BCUT2D eigenvalue weighted by molar-refractivity contribution is 5.14. The summed E-state index contributed by atoms with van der Waals surface area (Å²) in [4.78, 5) is 5.64. The summed E-state index contributed by atoms with van der Waals surface area (Å²) in [6.07, 6.45) is -2.57. The van der Waals surface area contributed by atoms with Crippen molar-refractivity contribution in [3.8, 4) is 0 Å². The van der Waals surface area contributed by atoms with Gasteiger partial charge in [0.15, 0.2) is 0 Å². The molecule has 0 bridgehead atoms. The fraction of sp³-hybridized carbons (Fsp3) is 0.700. The molecule has 0 spiro atoms. The SMILES string of the molecule is CC(C)c1oc(CN(C)C)nc1C(F)F. The van der Waals surface area contributed by atoms with E-state index in [1.54, 1.807) is 0 Å². The number of aromatic nitrogens is 1. The first kappa shape index (κ1) is 12.1. The quantitative estimate of drug-likeness (QED) is 0.778. The average molecular weight is 218 g/mol. The van der Waals surface area contributed by atoms with Crippen LogP contribution in [0, 0.1) is 0 Å². The lowest BCUT2D eigenvalue weighted by Crippen LogP contribution is -2.10. The molecule has 0 N–H and O–H groups in total. The van der Waals surface area contributed by atoms with E-state index < -0.39 is 6.43 Å². The molecule has 0 fully saturated rings. The molecular formula is C10H16F2N2O. The zero-order valence-electron chi connectivity index (χ0n) is 9.42. The first-order chi connectivity index (χ1) is 6.91. The monoisotopic (exact) mass is 218 g/mol. The summed E-state index contributed by atoms with van der Waals surface area (Å²) in [5.74, 6) is 0.568. The van der Waals surface area contributed by atoms with Crippen LogP contribution in [-0.2, 0) is 6.54 Å². The van der Waals surface area contributed by atoms with Gasteiger partial charge in [0, 0.05) is 5.92 Å². The van der Waals surface area contributed by atoms with Gasteiger partial charge in [-0.1, -0.05) is 13.8 Å². The Morgan fingerprint density at radius 2 is 1.93 bits per heavy atom. The fourth-order valence-corrected chi connectivity index (χ4v) is 1.30. The van der Waals surface area contributed by atoms with Crippen molar-refractivity contribution in [1.82, 2.24) is 9.88 Å². The minimum absolute atomic E-state index is 0.0718. The molecule has 0 atom stereocenters. The molecule has 0 unspecified atom stereocenters. The number of alkyl halides is 2. The summed E-state index contributed by atoms with van der Waals surface area (Å²) >= 11 is 0. The molecule has 15 heavy (non-hydrogen) atoms. The summed E-state index contributed by atoms with van der Waals surface area (Å²) in [6.45, 7) is 4.06. The molecule has 1 aromatic rings. The highest BCUT2D eigenvalue weighted by Crippen LogP contribution is 2.28. The predicted molar refractivity (Wildman–Crippen MR) is 52.9 cm³/mol. The van der Waals surface area contributed by atoms with Crippen molar-refractivity contribution in [2.24, 2.45) is 0 Å². The standard InChI is InChI=1S/C10H16F2N2O/c1-6(2)9-8(10(11)12)13-7(15-9)5-14(3)4/h6,10H,5H2,1-4H3. The van der Waals surface area contributed by atoms with Crippen LogP contribution in [-0.4, -0.2) is 24.0 Å². The van der Waals surface area contributed by atoms with E-state index in [0.717, 1.165) is 0 Å². The third kappa shape index (κ3) is 2.99. The fourth-order valence-electron chi connectivity index (χ4n) is 1.30. The van der Waals surface area contributed by atoms with Crippen LogP contribution in [0.1, 0.15) is 43.5 Å². The Morgan fingerprint density at radius 3 is 2.27 bits per heavy atom.